The summed E-state index contributed by atoms with van der Waals surface area (Å²) in [6.07, 6.45) is 2.92. The number of aryl methyl sites for hydroxylation is 3. The fourth-order valence-electron chi connectivity index (χ4n) is 4.21. The Balaban J connectivity index is 1.57. The van der Waals surface area contributed by atoms with E-state index in [1.54, 1.807) is 25.1 Å². The van der Waals surface area contributed by atoms with E-state index < -0.39 is 10.0 Å². The van der Waals surface area contributed by atoms with Crippen molar-refractivity contribution >= 4 is 21.9 Å². The molecular formula is C25H32N6O6S. The van der Waals surface area contributed by atoms with Gasteiger partial charge in [0.15, 0.2) is 0 Å². The molecule has 1 aliphatic rings. The minimum atomic E-state index is -3.98. The minimum Gasteiger partial charge on any atom is -0.472 e. The fourth-order valence-corrected chi connectivity index (χ4v) is 5.14. The molecule has 13 heteroatoms. The third-order valence-corrected chi connectivity index (χ3v) is 7.38. The second-order valence-corrected chi connectivity index (χ2v) is 10.7. The van der Waals surface area contributed by atoms with Gasteiger partial charge in [-0.3, -0.25) is 9.48 Å². The molecule has 1 aromatic carbocycles. The van der Waals surface area contributed by atoms with Gasteiger partial charge in [0.2, 0.25) is 17.7 Å². The van der Waals surface area contributed by atoms with E-state index in [4.69, 9.17) is 14.2 Å². The number of benzene rings is 1. The highest BCUT2D eigenvalue weighted by Crippen LogP contribution is 2.30. The molecular weight excluding hydrogens is 512 g/mol. The normalized spacial score (nSPS) is 15.6. The van der Waals surface area contributed by atoms with Crippen LogP contribution in [0.2, 0.25) is 0 Å². The van der Waals surface area contributed by atoms with Gasteiger partial charge in [0.25, 0.3) is 10.0 Å². The lowest BCUT2D eigenvalue weighted by molar-refractivity contribution is -0.135. The van der Waals surface area contributed by atoms with Crippen LogP contribution in [0.5, 0.6) is 5.88 Å². The number of hydrogen-bond donors (Lipinski definition) is 1. The van der Waals surface area contributed by atoms with Crippen molar-refractivity contribution in [3.8, 4) is 17.1 Å². The van der Waals surface area contributed by atoms with Crippen LogP contribution in [-0.2, 0) is 31.3 Å². The summed E-state index contributed by atoms with van der Waals surface area (Å²) in [5, 5.41) is 3.93. The van der Waals surface area contributed by atoms with E-state index >= 15 is 0 Å². The SMILES string of the molecule is COCCOCC(=O)N1CCC(Oc2cc(-c3c(C)cccc3C)nc(NS(=O)(=O)c3cnn(C)c3)n2)C1. The Bertz CT molecular complexity index is 1370. The number of ether oxygens (including phenoxy) is 3. The minimum absolute atomic E-state index is 0.0128. The van der Waals surface area contributed by atoms with Gasteiger partial charge in [-0.05, 0) is 25.0 Å². The quantitative estimate of drug-likeness (QED) is 0.359. The number of amides is 1. The van der Waals surface area contributed by atoms with Gasteiger partial charge in [0, 0.05) is 44.9 Å². The first-order valence-electron chi connectivity index (χ1n) is 12.1. The third kappa shape index (κ3) is 6.65. The molecule has 204 valence electrons. The van der Waals surface area contributed by atoms with Crippen molar-refractivity contribution < 1.29 is 27.4 Å². The zero-order chi connectivity index (χ0) is 27.3. The lowest BCUT2D eigenvalue weighted by Gasteiger charge is -2.18. The van der Waals surface area contributed by atoms with Crippen LogP contribution in [0.15, 0.2) is 41.6 Å². The summed E-state index contributed by atoms with van der Waals surface area (Å²) in [6, 6.07) is 7.55. The smallest absolute Gasteiger partial charge is 0.267 e. The van der Waals surface area contributed by atoms with Crippen LogP contribution in [0.4, 0.5) is 5.95 Å². The van der Waals surface area contributed by atoms with E-state index in [0.29, 0.717) is 38.4 Å². The molecule has 0 aliphatic carbocycles. The maximum atomic E-state index is 12.9. The van der Waals surface area contributed by atoms with E-state index in [0.717, 1.165) is 16.7 Å². The van der Waals surface area contributed by atoms with Gasteiger partial charge in [0.1, 0.15) is 17.6 Å². The topological polar surface area (TPSA) is 138 Å². The summed E-state index contributed by atoms with van der Waals surface area (Å²) in [6.45, 7) is 5.54. The van der Waals surface area contributed by atoms with Gasteiger partial charge >= 0.3 is 0 Å². The summed E-state index contributed by atoms with van der Waals surface area (Å²) in [5.41, 5.74) is 3.33. The zero-order valence-electron chi connectivity index (χ0n) is 21.9. The maximum absolute atomic E-state index is 12.9. The van der Waals surface area contributed by atoms with Gasteiger partial charge < -0.3 is 19.1 Å². The molecule has 12 nitrogen and oxygen atoms in total. The third-order valence-electron chi connectivity index (χ3n) is 6.10. The molecule has 1 atom stereocenters. The maximum Gasteiger partial charge on any atom is 0.267 e. The molecule has 38 heavy (non-hydrogen) atoms. The number of nitrogens with one attached hydrogen (secondary N) is 1. The van der Waals surface area contributed by atoms with Crippen LogP contribution in [0.25, 0.3) is 11.3 Å². The number of aromatic nitrogens is 4. The van der Waals surface area contributed by atoms with Crippen molar-refractivity contribution in [1.82, 2.24) is 24.6 Å². The zero-order valence-corrected chi connectivity index (χ0v) is 22.7. The number of methoxy groups -OCH3 is 1. The predicted molar refractivity (Wildman–Crippen MR) is 139 cm³/mol. The highest BCUT2D eigenvalue weighted by atomic mass is 32.2. The summed E-state index contributed by atoms with van der Waals surface area (Å²) in [4.78, 5) is 23.0. The van der Waals surface area contributed by atoms with E-state index in [9.17, 15) is 13.2 Å². The van der Waals surface area contributed by atoms with Crippen LogP contribution in [-0.4, -0.2) is 85.1 Å². The predicted octanol–water partition coefficient (Wildman–Crippen LogP) is 1.94. The monoisotopic (exact) mass is 544 g/mol. The molecule has 1 fully saturated rings. The van der Waals surface area contributed by atoms with Crippen LogP contribution in [0, 0.1) is 13.8 Å². The van der Waals surface area contributed by atoms with Gasteiger partial charge in [-0.2, -0.15) is 10.1 Å². The molecule has 1 amide bonds. The summed E-state index contributed by atoms with van der Waals surface area (Å²) in [7, 11) is -0.778. The summed E-state index contributed by atoms with van der Waals surface area (Å²) >= 11 is 0. The fraction of sp³-hybridized carbons (Fsp3) is 0.440. The first kappa shape index (κ1) is 27.5. The average molecular weight is 545 g/mol. The number of carbonyl (C=O) groups excluding carboxylic acids is 1. The van der Waals surface area contributed by atoms with Gasteiger partial charge in [0.05, 0.1) is 31.6 Å². The lowest BCUT2D eigenvalue weighted by Crippen LogP contribution is -2.34. The molecule has 0 radical (unpaired) electrons. The number of nitrogens with zero attached hydrogens (tertiary/aromatic N) is 5. The lowest BCUT2D eigenvalue weighted by atomic mass is 10.00. The van der Waals surface area contributed by atoms with Crippen molar-refractivity contribution in [2.24, 2.45) is 7.05 Å². The molecule has 1 aliphatic heterocycles. The van der Waals surface area contributed by atoms with Gasteiger partial charge in [-0.1, -0.05) is 18.2 Å². The second-order valence-electron chi connectivity index (χ2n) is 9.05. The molecule has 3 aromatic rings. The van der Waals surface area contributed by atoms with Crippen LogP contribution >= 0.6 is 0 Å². The number of hydrogen-bond acceptors (Lipinski definition) is 9. The van der Waals surface area contributed by atoms with Crippen molar-refractivity contribution in [2.75, 3.05) is 44.7 Å². The summed E-state index contributed by atoms with van der Waals surface area (Å²) < 4.78 is 46.2. The van der Waals surface area contributed by atoms with Crippen molar-refractivity contribution in [3.63, 3.8) is 0 Å². The van der Waals surface area contributed by atoms with Crippen LogP contribution < -0.4 is 9.46 Å². The molecule has 1 N–H and O–H groups in total. The summed E-state index contributed by atoms with van der Waals surface area (Å²) in [5.74, 6) is -0.0466. The van der Waals surface area contributed by atoms with Crippen molar-refractivity contribution in [1.29, 1.82) is 0 Å². The van der Waals surface area contributed by atoms with Crippen molar-refractivity contribution in [3.05, 3.63) is 47.8 Å². The molecule has 0 spiro atoms. The van der Waals surface area contributed by atoms with Crippen LogP contribution in [0.3, 0.4) is 0 Å². The largest absolute Gasteiger partial charge is 0.472 e. The Morgan fingerprint density at radius 3 is 2.63 bits per heavy atom. The van der Waals surface area contributed by atoms with Gasteiger partial charge in [-0.15, -0.1) is 0 Å². The van der Waals surface area contributed by atoms with E-state index in [-0.39, 0.29) is 35.3 Å². The Hall–Kier alpha value is -3.55. The number of rotatable bonds is 11. The van der Waals surface area contributed by atoms with E-state index in [1.165, 1.54) is 17.1 Å². The first-order chi connectivity index (χ1) is 18.2. The number of likely N-dealkylation sites (tertiary alicyclic amines) is 1. The number of sulfonamides is 1. The molecule has 0 bridgehead atoms. The van der Waals surface area contributed by atoms with E-state index in [1.807, 2.05) is 32.0 Å². The Kier molecular flexibility index (Phi) is 8.59. The van der Waals surface area contributed by atoms with Crippen LogP contribution in [0.1, 0.15) is 17.5 Å². The van der Waals surface area contributed by atoms with E-state index in [2.05, 4.69) is 19.8 Å². The average Bonchev–Trinajstić information content (AvgIpc) is 3.51. The Morgan fingerprint density at radius 1 is 1.18 bits per heavy atom. The highest BCUT2D eigenvalue weighted by Gasteiger charge is 2.28. The molecule has 3 heterocycles. The Labute approximate surface area is 222 Å². The first-order valence-corrected chi connectivity index (χ1v) is 13.6. The number of anilines is 1. The van der Waals surface area contributed by atoms with Crippen molar-refractivity contribution in [2.45, 2.75) is 31.3 Å². The standard InChI is InChI=1S/C25H32N6O6S/c1-17-6-5-7-18(2)24(17)21-12-22(28-25(27-21)29-38(33,34)20-13-26-30(3)15-20)37-19-8-9-31(14-19)23(32)16-36-11-10-35-4/h5-7,12-13,15,19H,8-11,14,16H2,1-4H3,(H,27,28,29). The highest BCUT2D eigenvalue weighted by molar-refractivity contribution is 7.92. The molecule has 2 aromatic heterocycles. The Morgan fingerprint density at radius 2 is 1.95 bits per heavy atom. The molecule has 0 saturated carbocycles. The molecule has 4 rings (SSSR count). The molecule has 1 saturated heterocycles. The number of carbonyl (C=O) groups is 1. The molecule has 1 unspecified atom stereocenters. The second kappa shape index (κ2) is 11.9. The van der Waals surface area contributed by atoms with Gasteiger partial charge in [-0.25, -0.2) is 18.1 Å².